The van der Waals surface area contributed by atoms with Crippen molar-refractivity contribution in [1.29, 1.82) is 0 Å². The van der Waals surface area contributed by atoms with Gasteiger partial charge in [-0.3, -0.25) is 4.67 Å². The van der Waals surface area contributed by atoms with E-state index in [-0.39, 0.29) is 0 Å². The van der Waals surface area contributed by atoms with Crippen LogP contribution in [0.4, 0.5) is 0 Å². The van der Waals surface area contributed by atoms with Crippen LogP contribution >= 0.6 is 40.9 Å². The average Bonchev–Trinajstić information content (AvgIpc) is 2.63. The van der Waals surface area contributed by atoms with E-state index in [9.17, 15) is 0 Å². The average molecular weight is 220 g/mol. The first-order valence-corrected chi connectivity index (χ1v) is 6.84. The first-order valence-electron chi connectivity index (χ1n) is 3.20. The van der Waals surface area contributed by atoms with Gasteiger partial charge in [-0.05, 0) is 12.8 Å². The molecule has 1 rings (SSSR count). The van der Waals surface area contributed by atoms with Crippen molar-refractivity contribution < 1.29 is 0 Å². The van der Waals surface area contributed by atoms with Gasteiger partial charge in [-0.2, -0.15) is 0 Å². The number of hydrogen-bond acceptors (Lipinski definition) is 1. The van der Waals surface area contributed by atoms with Crippen molar-refractivity contribution in [3.63, 3.8) is 0 Å². The third-order valence-electron chi connectivity index (χ3n) is 1.48. The van der Waals surface area contributed by atoms with Crippen LogP contribution in [0.2, 0.25) is 0 Å². The monoisotopic (exact) mass is 219 g/mol. The molecule has 5 heteroatoms. The van der Waals surface area contributed by atoms with Gasteiger partial charge in [-0.25, -0.2) is 0 Å². The molecule has 0 saturated heterocycles. The molecule has 1 saturated carbocycles. The van der Waals surface area contributed by atoms with Gasteiger partial charge in [0.2, 0.25) is 0 Å². The zero-order valence-corrected chi connectivity index (χ0v) is 8.60. The summed E-state index contributed by atoms with van der Waals surface area (Å²) < 4.78 is 2.09. The Balaban J connectivity index is 2.26. The number of nitrogens with zero attached hydrogens (tertiary/aromatic N) is 1. The van der Waals surface area contributed by atoms with Crippen molar-refractivity contribution in [2.24, 2.45) is 0 Å². The van der Waals surface area contributed by atoms with Crippen LogP contribution in [0.3, 0.4) is 0 Å². The molecule has 0 aromatic carbocycles. The fourth-order valence-electron chi connectivity index (χ4n) is 0.841. The summed E-state index contributed by atoms with van der Waals surface area (Å²) in [6, 6.07) is 0.625. The zero-order valence-electron chi connectivity index (χ0n) is 5.43. The highest BCUT2D eigenvalue weighted by molar-refractivity contribution is 8.02. The number of halogens is 3. The van der Waals surface area contributed by atoms with Gasteiger partial charge < -0.3 is 0 Å². The molecule has 0 N–H and O–H groups in total. The molecular weight excluding hydrogens is 211 g/mol. The lowest BCUT2D eigenvalue weighted by Crippen LogP contribution is -2.19. The van der Waals surface area contributed by atoms with Crippen molar-refractivity contribution in [3.8, 4) is 0 Å². The van der Waals surface area contributed by atoms with Crippen LogP contribution in [0.15, 0.2) is 0 Å². The Morgan fingerprint density at radius 3 is 2.30 bits per heavy atom. The van der Waals surface area contributed by atoms with E-state index in [2.05, 4.69) is 4.67 Å². The summed E-state index contributed by atoms with van der Waals surface area (Å²) >= 11 is 17.1. The highest BCUT2D eigenvalue weighted by atomic mass is 35.9. The largest absolute Gasteiger partial charge is 0.253 e. The molecule has 0 aliphatic heterocycles. The molecule has 1 aliphatic carbocycles. The van der Waals surface area contributed by atoms with Gasteiger partial charge in [0.15, 0.2) is 6.78 Å². The Morgan fingerprint density at radius 2 is 2.00 bits per heavy atom. The predicted molar refractivity (Wildman–Crippen MR) is 49.1 cm³/mol. The van der Waals surface area contributed by atoms with E-state index >= 15 is 0 Å². The zero-order chi connectivity index (χ0) is 7.56. The normalized spacial score (nSPS) is 18.9. The summed E-state index contributed by atoms with van der Waals surface area (Å²) in [5, 5.41) is 0. The highest BCUT2D eigenvalue weighted by Gasteiger charge is 2.32. The second-order valence-corrected chi connectivity index (χ2v) is 6.06. The van der Waals surface area contributed by atoms with Crippen molar-refractivity contribution in [1.82, 2.24) is 4.67 Å². The van der Waals surface area contributed by atoms with E-state index in [4.69, 9.17) is 34.1 Å². The standard InChI is InChI=1S/C5H9Cl3NP/c6-3-4-9(10(7)8)5-1-2-5/h5H,1-4H2. The van der Waals surface area contributed by atoms with E-state index in [1.165, 1.54) is 12.8 Å². The number of rotatable bonds is 4. The van der Waals surface area contributed by atoms with E-state index < -0.39 is 6.78 Å². The molecule has 0 heterocycles. The van der Waals surface area contributed by atoms with Gasteiger partial charge in [0.25, 0.3) is 0 Å². The number of hydrogen-bond donors (Lipinski definition) is 0. The predicted octanol–water partition coefficient (Wildman–Crippen LogP) is 3.39. The third-order valence-corrected chi connectivity index (χ3v) is 3.73. The molecule has 0 atom stereocenters. The van der Waals surface area contributed by atoms with Crippen molar-refractivity contribution in [3.05, 3.63) is 0 Å². The minimum Gasteiger partial charge on any atom is -0.253 e. The maximum absolute atomic E-state index is 5.76. The minimum atomic E-state index is -0.953. The fraction of sp³-hybridized carbons (Fsp3) is 1.00. The van der Waals surface area contributed by atoms with Crippen LogP contribution in [0, 0.1) is 0 Å². The SMILES string of the molecule is ClCCN(C1CC1)P(Cl)Cl. The van der Waals surface area contributed by atoms with Gasteiger partial charge >= 0.3 is 0 Å². The van der Waals surface area contributed by atoms with Gasteiger partial charge in [0.1, 0.15) is 0 Å². The fourth-order valence-corrected chi connectivity index (χ4v) is 3.06. The Bertz CT molecular complexity index is 105. The Hall–Kier alpha value is 1.26. The van der Waals surface area contributed by atoms with Crippen LogP contribution < -0.4 is 0 Å². The van der Waals surface area contributed by atoms with Gasteiger partial charge in [-0.15, -0.1) is 11.6 Å². The molecule has 0 spiro atoms. The molecule has 1 aliphatic rings. The maximum Gasteiger partial charge on any atom is 0.160 e. The van der Waals surface area contributed by atoms with Gasteiger partial charge in [-0.1, -0.05) is 22.5 Å². The molecule has 0 amide bonds. The van der Waals surface area contributed by atoms with Crippen LogP contribution in [-0.4, -0.2) is 23.1 Å². The van der Waals surface area contributed by atoms with Gasteiger partial charge in [0, 0.05) is 18.5 Å². The molecule has 1 nitrogen and oxygen atoms in total. The number of alkyl halides is 1. The molecule has 1 fully saturated rings. The quantitative estimate of drug-likeness (QED) is 0.518. The first-order chi connectivity index (χ1) is 4.75. The molecule has 0 aromatic rings. The van der Waals surface area contributed by atoms with E-state index in [0.717, 1.165) is 6.54 Å². The molecular formula is C5H9Cl3NP. The summed E-state index contributed by atoms with van der Waals surface area (Å²) in [4.78, 5) is 0. The molecule has 0 radical (unpaired) electrons. The second-order valence-electron chi connectivity index (χ2n) is 2.30. The lowest BCUT2D eigenvalue weighted by molar-refractivity contribution is 0.485. The van der Waals surface area contributed by atoms with E-state index in [0.29, 0.717) is 11.9 Å². The molecule has 0 unspecified atom stereocenters. The Morgan fingerprint density at radius 1 is 1.40 bits per heavy atom. The summed E-state index contributed by atoms with van der Waals surface area (Å²) in [6.45, 7) is -0.129. The molecule has 60 valence electrons. The minimum absolute atomic E-state index is 0.620. The summed E-state index contributed by atoms with van der Waals surface area (Å²) in [5.41, 5.74) is 0. The maximum atomic E-state index is 5.76. The summed E-state index contributed by atoms with van der Waals surface area (Å²) in [6.07, 6.45) is 2.46. The summed E-state index contributed by atoms with van der Waals surface area (Å²) in [5.74, 6) is 0.620. The highest BCUT2D eigenvalue weighted by Crippen LogP contribution is 2.55. The lowest BCUT2D eigenvalue weighted by Gasteiger charge is -2.20. The van der Waals surface area contributed by atoms with E-state index in [1.54, 1.807) is 0 Å². The molecule has 0 bridgehead atoms. The molecule has 10 heavy (non-hydrogen) atoms. The van der Waals surface area contributed by atoms with Crippen LogP contribution in [0.5, 0.6) is 0 Å². The van der Waals surface area contributed by atoms with Crippen LogP contribution in [0.1, 0.15) is 12.8 Å². The van der Waals surface area contributed by atoms with E-state index in [1.807, 2.05) is 0 Å². The van der Waals surface area contributed by atoms with Crippen LogP contribution in [0.25, 0.3) is 0 Å². The lowest BCUT2D eigenvalue weighted by atomic mass is 10.6. The summed E-state index contributed by atoms with van der Waals surface area (Å²) in [7, 11) is 0. The third kappa shape index (κ3) is 2.71. The van der Waals surface area contributed by atoms with Crippen LogP contribution in [-0.2, 0) is 0 Å². The first kappa shape index (κ1) is 9.35. The van der Waals surface area contributed by atoms with Crippen molar-refractivity contribution >= 4 is 40.9 Å². The second kappa shape index (κ2) is 4.33. The molecule has 0 aromatic heterocycles. The van der Waals surface area contributed by atoms with Crippen molar-refractivity contribution in [2.45, 2.75) is 18.9 Å². The van der Waals surface area contributed by atoms with Gasteiger partial charge in [0.05, 0.1) is 0 Å². The Kier molecular flexibility index (Phi) is 4.04. The topological polar surface area (TPSA) is 3.24 Å². The Labute approximate surface area is 77.0 Å². The smallest absolute Gasteiger partial charge is 0.160 e. The van der Waals surface area contributed by atoms with Crippen molar-refractivity contribution in [2.75, 3.05) is 12.4 Å².